The third-order valence-electron chi connectivity index (χ3n) is 2.31. The van der Waals surface area contributed by atoms with Crippen LogP contribution < -0.4 is 5.73 Å². The Hall–Kier alpha value is -0.770. The summed E-state index contributed by atoms with van der Waals surface area (Å²) in [7, 11) is 0. The second-order valence-electron chi connectivity index (χ2n) is 3.19. The summed E-state index contributed by atoms with van der Waals surface area (Å²) in [6.07, 6.45) is 1.82. The van der Waals surface area contributed by atoms with E-state index >= 15 is 0 Å². The van der Waals surface area contributed by atoms with Crippen LogP contribution in [0.25, 0.3) is 0 Å². The zero-order valence-corrected chi connectivity index (χ0v) is 7.45. The largest absolute Gasteiger partial charge is 0.448 e. The molecule has 0 spiro atoms. The Bertz CT molecular complexity index is 161. The van der Waals surface area contributed by atoms with Crippen LogP contribution in [-0.4, -0.2) is 36.7 Å². The summed E-state index contributed by atoms with van der Waals surface area (Å²) in [6, 6.07) is 0.626. The molecule has 0 aromatic heterocycles. The van der Waals surface area contributed by atoms with E-state index < -0.39 is 6.09 Å². The number of rotatable bonds is 3. The number of nitrogens with zero attached hydrogens (tertiary/aromatic N) is 1. The Morgan fingerprint density at radius 3 is 3.00 bits per heavy atom. The summed E-state index contributed by atoms with van der Waals surface area (Å²) < 4.78 is 4.65. The van der Waals surface area contributed by atoms with Gasteiger partial charge < -0.3 is 10.5 Å². The second kappa shape index (κ2) is 4.30. The number of carbonyl (C=O) groups excluding carboxylic acids is 1. The van der Waals surface area contributed by atoms with Gasteiger partial charge in [-0.05, 0) is 26.3 Å². The SMILES string of the molecule is C[C@H]1CCCN1CCOC(N)=O. The highest BCUT2D eigenvalue weighted by Crippen LogP contribution is 2.15. The fourth-order valence-corrected chi connectivity index (χ4v) is 1.59. The van der Waals surface area contributed by atoms with Crippen LogP contribution in [0.1, 0.15) is 19.8 Å². The predicted molar refractivity (Wildman–Crippen MR) is 45.8 cm³/mol. The highest BCUT2D eigenvalue weighted by molar-refractivity contribution is 5.64. The van der Waals surface area contributed by atoms with Gasteiger partial charge in [0.2, 0.25) is 0 Å². The lowest BCUT2D eigenvalue weighted by molar-refractivity contribution is 0.134. The first-order valence-electron chi connectivity index (χ1n) is 4.36. The minimum atomic E-state index is -0.679. The third kappa shape index (κ3) is 2.70. The van der Waals surface area contributed by atoms with Crippen molar-refractivity contribution < 1.29 is 9.53 Å². The van der Waals surface area contributed by atoms with Crippen molar-refractivity contribution in [1.82, 2.24) is 4.90 Å². The van der Waals surface area contributed by atoms with E-state index in [-0.39, 0.29) is 0 Å². The van der Waals surface area contributed by atoms with Gasteiger partial charge in [0.1, 0.15) is 6.61 Å². The lowest BCUT2D eigenvalue weighted by Crippen LogP contribution is -2.31. The van der Waals surface area contributed by atoms with Gasteiger partial charge in [-0.3, -0.25) is 4.90 Å². The number of likely N-dealkylation sites (tertiary alicyclic amines) is 1. The molecule has 0 unspecified atom stereocenters. The Labute approximate surface area is 72.7 Å². The average molecular weight is 172 g/mol. The van der Waals surface area contributed by atoms with E-state index in [0.29, 0.717) is 12.6 Å². The van der Waals surface area contributed by atoms with Gasteiger partial charge in [-0.15, -0.1) is 0 Å². The maximum absolute atomic E-state index is 10.2. The van der Waals surface area contributed by atoms with Crippen molar-refractivity contribution in [2.24, 2.45) is 5.73 Å². The molecule has 1 fully saturated rings. The van der Waals surface area contributed by atoms with Gasteiger partial charge in [-0.2, -0.15) is 0 Å². The standard InChI is InChI=1S/C8H16N2O2/c1-7-3-2-4-10(7)5-6-12-8(9)11/h7H,2-6H2,1H3,(H2,9,11)/t7-/m0/s1. The number of ether oxygens (including phenoxy) is 1. The van der Waals surface area contributed by atoms with Crippen LogP contribution in [0.15, 0.2) is 0 Å². The van der Waals surface area contributed by atoms with Crippen LogP contribution in [0.5, 0.6) is 0 Å². The third-order valence-corrected chi connectivity index (χ3v) is 2.31. The van der Waals surface area contributed by atoms with E-state index in [1.165, 1.54) is 12.8 Å². The summed E-state index contributed by atoms with van der Waals surface area (Å²) in [5, 5.41) is 0. The molecule has 4 nitrogen and oxygen atoms in total. The molecule has 1 saturated heterocycles. The first-order valence-corrected chi connectivity index (χ1v) is 4.36. The van der Waals surface area contributed by atoms with Crippen molar-refractivity contribution in [2.75, 3.05) is 19.7 Å². The van der Waals surface area contributed by atoms with Crippen molar-refractivity contribution >= 4 is 6.09 Å². The molecular formula is C8H16N2O2. The van der Waals surface area contributed by atoms with Gasteiger partial charge >= 0.3 is 6.09 Å². The van der Waals surface area contributed by atoms with E-state index in [0.717, 1.165) is 13.1 Å². The van der Waals surface area contributed by atoms with Crippen molar-refractivity contribution in [3.05, 3.63) is 0 Å². The fourth-order valence-electron chi connectivity index (χ4n) is 1.59. The monoisotopic (exact) mass is 172 g/mol. The van der Waals surface area contributed by atoms with E-state index in [2.05, 4.69) is 16.6 Å². The number of hydrogen-bond acceptors (Lipinski definition) is 3. The maximum Gasteiger partial charge on any atom is 0.404 e. The number of amides is 1. The maximum atomic E-state index is 10.2. The molecule has 0 bridgehead atoms. The highest BCUT2D eigenvalue weighted by atomic mass is 16.5. The van der Waals surface area contributed by atoms with Crippen LogP contribution in [0.3, 0.4) is 0 Å². The van der Waals surface area contributed by atoms with Crippen LogP contribution in [-0.2, 0) is 4.74 Å². The minimum Gasteiger partial charge on any atom is -0.448 e. The molecule has 0 aromatic carbocycles. The summed E-state index contributed by atoms with van der Waals surface area (Å²) >= 11 is 0. The summed E-state index contributed by atoms with van der Waals surface area (Å²) in [6.45, 7) is 4.53. The zero-order chi connectivity index (χ0) is 8.97. The number of primary amides is 1. The van der Waals surface area contributed by atoms with Gasteiger partial charge in [-0.1, -0.05) is 0 Å². The zero-order valence-electron chi connectivity index (χ0n) is 7.45. The topological polar surface area (TPSA) is 55.6 Å². The smallest absolute Gasteiger partial charge is 0.404 e. The molecule has 1 aliphatic heterocycles. The summed E-state index contributed by atoms with van der Waals surface area (Å²) in [4.78, 5) is 12.5. The van der Waals surface area contributed by atoms with Crippen LogP contribution in [0, 0.1) is 0 Å². The molecule has 4 heteroatoms. The van der Waals surface area contributed by atoms with Crippen molar-refractivity contribution in [2.45, 2.75) is 25.8 Å². The van der Waals surface area contributed by atoms with E-state index in [1.54, 1.807) is 0 Å². The minimum absolute atomic E-state index is 0.416. The summed E-state index contributed by atoms with van der Waals surface area (Å²) in [5.41, 5.74) is 4.83. The lowest BCUT2D eigenvalue weighted by atomic mass is 10.2. The van der Waals surface area contributed by atoms with E-state index in [1.807, 2.05) is 0 Å². The van der Waals surface area contributed by atoms with E-state index in [4.69, 9.17) is 5.73 Å². The quantitative estimate of drug-likeness (QED) is 0.677. The molecule has 0 aromatic rings. The molecular weight excluding hydrogens is 156 g/mol. The van der Waals surface area contributed by atoms with Crippen molar-refractivity contribution in [3.63, 3.8) is 0 Å². The normalized spacial score (nSPS) is 24.2. The number of hydrogen-bond donors (Lipinski definition) is 1. The van der Waals surface area contributed by atoms with Crippen molar-refractivity contribution in [3.8, 4) is 0 Å². The Morgan fingerprint density at radius 2 is 2.50 bits per heavy atom. The Balaban J connectivity index is 2.10. The van der Waals surface area contributed by atoms with Crippen LogP contribution in [0.2, 0.25) is 0 Å². The molecule has 0 saturated carbocycles. The first-order chi connectivity index (χ1) is 5.70. The van der Waals surface area contributed by atoms with Gasteiger partial charge in [-0.25, -0.2) is 4.79 Å². The predicted octanol–water partition coefficient (Wildman–Crippen LogP) is 0.566. The Kier molecular flexibility index (Phi) is 3.34. The van der Waals surface area contributed by atoms with Gasteiger partial charge in [0.25, 0.3) is 0 Å². The molecule has 1 amide bonds. The Morgan fingerprint density at radius 1 is 1.75 bits per heavy atom. The fraction of sp³-hybridized carbons (Fsp3) is 0.875. The molecule has 1 heterocycles. The number of nitrogens with two attached hydrogens (primary N) is 1. The molecule has 12 heavy (non-hydrogen) atoms. The molecule has 70 valence electrons. The van der Waals surface area contributed by atoms with Crippen LogP contribution >= 0.6 is 0 Å². The average Bonchev–Trinajstić information content (AvgIpc) is 2.36. The highest BCUT2D eigenvalue weighted by Gasteiger charge is 2.19. The lowest BCUT2D eigenvalue weighted by Gasteiger charge is -2.19. The first kappa shape index (κ1) is 9.32. The van der Waals surface area contributed by atoms with E-state index in [9.17, 15) is 4.79 Å². The van der Waals surface area contributed by atoms with Crippen molar-refractivity contribution in [1.29, 1.82) is 0 Å². The molecule has 1 aliphatic rings. The van der Waals surface area contributed by atoms with Gasteiger partial charge in [0.05, 0.1) is 0 Å². The second-order valence-corrected chi connectivity index (χ2v) is 3.19. The van der Waals surface area contributed by atoms with Gasteiger partial charge in [0, 0.05) is 12.6 Å². The molecule has 2 N–H and O–H groups in total. The summed E-state index contributed by atoms with van der Waals surface area (Å²) in [5.74, 6) is 0. The van der Waals surface area contributed by atoms with Gasteiger partial charge in [0.15, 0.2) is 0 Å². The van der Waals surface area contributed by atoms with Crippen LogP contribution in [0.4, 0.5) is 4.79 Å². The number of carbonyl (C=O) groups is 1. The molecule has 0 radical (unpaired) electrons. The molecule has 0 aliphatic carbocycles. The molecule has 1 atom stereocenters. The molecule has 1 rings (SSSR count).